The summed E-state index contributed by atoms with van der Waals surface area (Å²) in [5.74, 6) is 0. The van der Waals surface area contributed by atoms with Crippen LogP contribution in [-0.2, 0) is 0 Å². The summed E-state index contributed by atoms with van der Waals surface area (Å²) >= 11 is 0. The molecule has 0 N–H and O–H groups in total. The van der Waals surface area contributed by atoms with Crippen LogP contribution < -0.4 is 0 Å². The van der Waals surface area contributed by atoms with Crippen LogP contribution in [0.3, 0.4) is 0 Å². The third kappa shape index (κ3) is 2.10. The molecule has 0 saturated heterocycles. The highest BCUT2D eigenvalue weighted by atomic mass is 31.0. The van der Waals surface area contributed by atoms with E-state index in [9.17, 15) is 0 Å². The first-order valence-electron chi connectivity index (χ1n) is 5.25. The second-order valence-electron chi connectivity index (χ2n) is 3.38. The van der Waals surface area contributed by atoms with Gasteiger partial charge in [-0.1, -0.05) is 37.5 Å². The van der Waals surface area contributed by atoms with Gasteiger partial charge in [0.2, 0.25) is 0 Å². The van der Waals surface area contributed by atoms with E-state index in [0.717, 1.165) is 11.4 Å². The maximum absolute atomic E-state index is 3.86. The van der Waals surface area contributed by atoms with Gasteiger partial charge in [0.1, 0.15) is 0 Å². The van der Waals surface area contributed by atoms with E-state index >= 15 is 0 Å². The number of rotatable bonds is 4. The highest BCUT2D eigenvalue weighted by Gasteiger charge is 2.12. The molecule has 0 radical (unpaired) electrons. The van der Waals surface area contributed by atoms with Gasteiger partial charge in [0.25, 0.3) is 0 Å². The molecule has 0 bridgehead atoms. The zero-order chi connectivity index (χ0) is 12.1. The Kier molecular flexibility index (Phi) is 4.52. The molecule has 1 unspecified atom stereocenters. The first kappa shape index (κ1) is 12.7. The van der Waals surface area contributed by atoms with Crippen molar-refractivity contribution in [3.63, 3.8) is 0 Å². The van der Waals surface area contributed by atoms with Crippen molar-refractivity contribution in [1.82, 2.24) is 4.34 Å². The van der Waals surface area contributed by atoms with Crippen molar-refractivity contribution in [2.45, 2.75) is 13.8 Å². The molecule has 1 atom stereocenters. The fraction of sp³-hybridized carbons (Fsp3) is 0.143. The van der Waals surface area contributed by atoms with E-state index in [2.05, 4.69) is 34.7 Å². The first-order valence-corrected chi connectivity index (χ1v) is 5.76. The van der Waals surface area contributed by atoms with Crippen molar-refractivity contribution in [1.29, 1.82) is 0 Å². The third-order valence-corrected chi connectivity index (χ3v) is 2.97. The maximum Gasteiger partial charge on any atom is 0.0515 e. The second-order valence-corrected chi connectivity index (χ2v) is 3.89. The molecule has 0 amide bonds. The Bertz CT molecular complexity index is 420. The summed E-state index contributed by atoms with van der Waals surface area (Å²) in [5.41, 5.74) is 4.54. The van der Waals surface area contributed by atoms with Crippen molar-refractivity contribution in [3.05, 3.63) is 47.8 Å². The monoisotopic (exact) mass is 231 g/mol. The fourth-order valence-corrected chi connectivity index (χ4v) is 2.25. The summed E-state index contributed by atoms with van der Waals surface area (Å²) in [7, 11) is 2.70. The van der Waals surface area contributed by atoms with E-state index < -0.39 is 0 Å². The van der Waals surface area contributed by atoms with Crippen molar-refractivity contribution < 1.29 is 0 Å². The van der Waals surface area contributed by atoms with Crippen LogP contribution in [0.25, 0.3) is 24.3 Å². The van der Waals surface area contributed by atoms with E-state index in [1.54, 1.807) is 0 Å². The summed E-state index contributed by atoms with van der Waals surface area (Å²) in [5, 5.41) is 0. The molecule has 0 aliphatic heterocycles. The average molecular weight is 231 g/mol. The van der Waals surface area contributed by atoms with Crippen molar-refractivity contribution in [3.8, 4) is 0 Å². The number of hydrogen-bond acceptors (Lipinski definition) is 0. The molecule has 1 aromatic heterocycles. The van der Waals surface area contributed by atoms with Gasteiger partial charge in [0.05, 0.1) is 11.4 Å². The van der Waals surface area contributed by atoms with Crippen LogP contribution in [0, 0.1) is 0 Å². The minimum Gasteiger partial charge on any atom is -0.325 e. The van der Waals surface area contributed by atoms with Crippen LogP contribution in [0.1, 0.15) is 36.4 Å². The third-order valence-electron chi connectivity index (χ3n) is 2.41. The van der Waals surface area contributed by atoms with Crippen LogP contribution in [0.5, 0.6) is 0 Å². The molecule has 0 fully saturated rings. The van der Waals surface area contributed by atoms with Gasteiger partial charge in [-0.2, -0.15) is 0 Å². The molecular formula is C14H18NP. The van der Waals surface area contributed by atoms with Gasteiger partial charge in [-0.3, -0.25) is 0 Å². The number of allylic oxidation sites excluding steroid dienone is 2. The minimum atomic E-state index is 1.09. The van der Waals surface area contributed by atoms with Gasteiger partial charge in [0, 0.05) is 11.1 Å². The van der Waals surface area contributed by atoms with Crippen molar-refractivity contribution >= 4 is 33.7 Å². The predicted molar refractivity (Wildman–Crippen MR) is 79.1 cm³/mol. The number of aromatic nitrogens is 1. The van der Waals surface area contributed by atoms with E-state index in [-0.39, 0.29) is 0 Å². The predicted octanol–water partition coefficient (Wildman–Crippen LogP) is 4.48. The molecule has 0 aliphatic carbocycles. The Morgan fingerprint density at radius 1 is 0.938 bits per heavy atom. The Hall–Kier alpha value is -1.33. The highest BCUT2D eigenvalue weighted by Crippen LogP contribution is 2.29. The molecule has 0 aromatic carbocycles. The summed E-state index contributed by atoms with van der Waals surface area (Å²) in [4.78, 5) is 0. The lowest BCUT2D eigenvalue weighted by Crippen LogP contribution is -1.85. The van der Waals surface area contributed by atoms with Crippen molar-refractivity contribution in [2.24, 2.45) is 0 Å². The summed E-state index contributed by atoms with van der Waals surface area (Å²) < 4.78 is 2.03. The van der Waals surface area contributed by atoms with Gasteiger partial charge >= 0.3 is 0 Å². The van der Waals surface area contributed by atoms with Gasteiger partial charge in [0.15, 0.2) is 0 Å². The molecule has 0 aliphatic rings. The smallest absolute Gasteiger partial charge is 0.0515 e. The van der Waals surface area contributed by atoms with Crippen LogP contribution in [0.2, 0.25) is 0 Å². The SMILES string of the molecule is C=Cc1c(/C=C\C)c(/C=C\C)c(C=C)n1P. The molecule has 0 spiro atoms. The summed E-state index contributed by atoms with van der Waals surface area (Å²) in [6.07, 6.45) is 12.0. The van der Waals surface area contributed by atoms with Gasteiger partial charge in [-0.15, -0.1) is 0 Å². The van der Waals surface area contributed by atoms with Gasteiger partial charge in [-0.25, -0.2) is 0 Å². The largest absolute Gasteiger partial charge is 0.325 e. The standard InChI is InChI=1S/C14H18NP/c1-5-9-11-12(10-6-2)14(8-4)15(16)13(11)7-3/h5-10H,3-4,16H2,1-2H3/b9-5-,10-6-. The van der Waals surface area contributed by atoms with E-state index in [4.69, 9.17) is 0 Å². The normalized spacial score (nSPS) is 11.4. The van der Waals surface area contributed by atoms with Gasteiger partial charge in [-0.05, 0) is 35.4 Å². The fourth-order valence-electron chi connectivity index (χ4n) is 1.77. The quantitative estimate of drug-likeness (QED) is 0.673. The summed E-state index contributed by atoms with van der Waals surface area (Å²) in [6, 6.07) is 0. The maximum atomic E-state index is 3.86. The molecule has 16 heavy (non-hydrogen) atoms. The topological polar surface area (TPSA) is 4.93 Å². The zero-order valence-electron chi connectivity index (χ0n) is 9.90. The number of hydrogen-bond donors (Lipinski definition) is 0. The average Bonchev–Trinajstić information content (AvgIpc) is 2.52. The molecule has 1 nitrogen and oxygen atoms in total. The Morgan fingerprint density at radius 3 is 1.56 bits per heavy atom. The minimum absolute atomic E-state index is 1.09. The lowest BCUT2D eigenvalue weighted by atomic mass is 10.1. The van der Waals surface area contributed by atoms with E-state index in [1.807, 2.05) is 42.5 Å². The van der Waals surface area contributed by atoms with Crippen LogP contribution in [0.4, 0.5) is 0 Å². The van der Waals surface area contributed by atoms with E-state index in [0.29, 0.717) is 0 Å². The van der Waals surface area contributed by atoms with E-state index in [1.165, 1.54) is 11.1 Å². The van der Waals surface area contributed by atoms with Crippen LogP contribution in [0.15, 0.2) is 25.3 Å². The Balaban J connectivity index is 3.64. The number of nitrogens with zero attached hydrogens (tertiary/aromatic N) is 1. The molecule has 2 heteroatoms. The lowest BCUT2D eigenvalue weighted by molar-refractivity contribution is 1.23. The zero-order valence-corrected chi connectivity index (χ0v) is 11.1. The molecule has 1 aromatic rings. The second kappa shape index (κ2) is 5.67. The molecule has 1 rings (SSSR count). The van der Waals surface area contributed by atoms with Crippen LogP contribution in [-0.4, -0.2) is 4.34 Å². The Morgan fingerprint density at radius 2 is 1.31 bits per heavy atom. The van der Waals surface area contributed by atoms with Gasteiger partial charge < -0.3 is 4.34 Å². The van der Waals surface area contributed by atoms with Crippen molar-refractivity contribution in [2.75, 3.05) is 0 Å². The summed E-state index contributed by atoms with van der Waals surface area (Å²) in [6.45, 7) is 11.7. The Labute approximate surface area is 100 Å². The first-order chi connectivity index (χ1) is 7.71. The highest BCUT2D eigenvalue weighted by molar-refractivity contribution is 7.14. The molecular weight excluding hydrogens is 213 g/mol. The van der Waals surface area contributed by atoms with Crippen LogP contribution >= 0.6 is 9.39 Å². The molecule has 1 heterocycles. The lowest BCUT2D eigenvalue weighted by Gasteiger charge is -1.99. The molecule has 84 valence electrons. The molecule has 0 saturated carbocycles.